The molecule has 0 aliphatic carbocycles. The highest BCUT2D eigenvalue weighted by Gasteiger charge is 2.36. The molecule has 1 saturated heterocycles. The van der Waals surface area contributed by atoms with E-state index in [1.165, 1.54) is 6.92 Å². The van der Waals surface area contributed by atoms with E-state index in [-0.39, 0.29) is 30.3 Å². The molecule has 3 unspecified atom stereocenters. The first-order chi connectivity index (χ1) is 16.4. The Morgan fingerprint density at radius 1 is 1.12 bits per heavy atom. The zero-order valence-corrected chi connectivity index (χ0v) is 20.0. The summed E-state index contributed by atoms with van der Waals surface area (Å²) in [6, 6.07) is 17.1. The minimum absolute atomic E-state index is 0.0462. The molecule has 3 atom stereocenters. The first kappa shape index (κ1) is 24.0. The lowest BCUT2D eigenvalue weighted by molar-refractivity contribution is -0.141. The minimum atomic E-state index is -1.06. The lowest BCUT2D eigenvalue weighted by Gasteiger charge is -2.24. The van der Waals surface area contributed by atoms with E-state index < -0.39 is 12.0 Å². The molecule has 34 heavy (non-hydrogen) atoms. The summed E-state index contributed by atoms with van der Waals surface area (Å²) >= 11 is 1.60. The fourth-order valence-electron chi connectivity index (χ4n) is 4.52. The number of hydrogen-bond acceptors (Lipinski definition) is 5. The van der Waals surface area contributed by atoms with Gasteiger partial charge in [0, 0.05) is 25.6 Å². The molecule has 7 nitrogen and oxygen atoms in total. The van der Waals surface area contributed by atoms with E-state index in [2.05, 4.69) is 29.6 Å². The maximum Gasteiger partial charge on any atom is 0.326 e. The Hall–Kier alpha value is -3.13. The van der Waals surface area contributed by atoms with Crippen molar-refractivity contribution in [2.45, 2.75) is 50.7 Å². The van der Waals surface area contributed by atoms with E-state index in [0.29, 0.717) is 18.7 Å². The summed E-state index contributed by atoms with van der Waals surface area (Å²) in [7, 11) is 0. The molecule has 2 amide bonds. The smallest absolute Gasteiger partial charge is 0.326 e. The van der Waals surface area contributed by atoms with Crippen molar-refractivity contribution in [1.82, 2.24) is 10.2 Å². The van der Waals surface area contributed by atoms with Crippen LogP contribution in [0.4, 0.5) is 0 Å². The van der Waals surface area contributed by atoms with Crippen molar-refractivity contribution in [2.24, 2.45) is 4.99 Å². The number of likely N-dealkylation sites (tertiary alicyclic amines) is 1. The lowest BCUT2D eigenvalue weighted by atomic mass is 10.0. The summed E-state index contributed by atoms with van der Waals surface area (Å²) < 4.78 is 0. The minimum Gasteiger partial charge on any atom is -0.480 e. The predicted molar refractivity (Wildman–Crippen MR) is 134 cm³/mol. The van der Waals surface area contributed by atoms with Crippen molar-refractivity contribution >= 4 is 34.6 Å². The van der Waals surface area contributed by atoms with Gasteiger partial charge in [-0.3, -0.25) is 14.6 Å². The molecule has 8 heteroatoms. The molecule has 2 aromatic rings. The average molecular weight is 480 g/mol. The molecule has 178 valence electrons. The molecule has 2 heterocycles. The highest BCUT2D eigenvalue weighted by atomic mass is 32.2. The second-order valence-corrected chi connectivity index (χ2v) is 9.78. The normalized spacial score (nSPS) is 20.6. The largest absolute Gasteiger partial charge is 0.480 e. The molecule has 0 bridgehead atoms. The van der Waals surface area contributed by atoms with Gasteiger partial charge in [0.2, 0.25) is 11.8 Å². The molecule has 2 N–H and O–H groups in total. The maximum atomic E-state index is 13.1. The first-order valence-electron chi connectivity index (χ1n) is 11.5. The Bertz CT molecular complexity index is 1070. The van der Waals surface area contributed by atoms with Gasteiger partial charge in [0.25, 0.3) is 0 Å². The van der Waals surface area contributed by atoms with Crippen molar-refractivity contribution in [2.75, 3.05) is 12.3 Å². The van der Waals surface area contributed by atoms with Crippen LogP contribution in [0.2, 0.25) is 0 Å². The Morgan fingerprint density at radius 3 is 2.50 bits per heavy atom. The van der Waals surface area contributed by atoms with Crippen molar-refractivity contribution in [1.29, 1.82) is 0 Å². The fraction of sp³-hybridized carbons (Fsp3) is 0.385. The number of aliphatic imine (C=N–C) groups is 1. The molecular formula is C26H29N3O4S. The standard InChI is InChI=1S/C26H29N3O4S/c1-17(30)27-22(26(32)33)15-21-16-34-25(28-21)23-8-5-13-29(23)24(31)14-18-9-11-20(12-10-18)19-6-3-2-4-7-19/h2-4,6-7,9-12,21-23H,5,8,13-16H2,1H3,(H,27,30)(H,32,33). The van der Waals surface area contributed by atoms with Crippen LogP contribution in [0.15, 0.2) is 59.6 Å². The summed E-state index contributed by atoms with van der Waals surface area (Å²) in [4.78, 5) is 42.6. The van der Waals surface area contributed by atoms with Gasteiger partial charge in [-0.15, -0.1) is 11.8 Å². The van der Waals surface area contributed by atoms with Gasteiger partial charge in [0.15, 0.2) is 0 Å². The van der Waals surface area contributed by atoms with Crippen LogP contribution in [0.3, 0.4) is 0 Å². The number of carboxylic acids is 1. The molecule has 0 spiro atoms. The third-order valence-electron chi connectivity index (χ3n) is 6.19. The third-order valence-corrected chi connectivity index (χ3v) is 7.42. The van der Waals surface area contributed by atoms with E-state index in [9.17, 15) is 19.5 Å². The summed E-state index contributed by atoms with van der Waals surface area (Å²) in [5.41, 5.74) is 3.25. The van der Waals surface area contributed by atoms with E-state index in [1.807, 2.05) is 35.2 Å². The number of aliphatic carboxylic acids is 1. The van der Waals surface area contributed by atoms with Crippen LogP contribution in [-0.2, 0) is 20.8 Å². The summed E-state index contributed by atoms with van der Waals surface area (Å²) in [6.07, 6.45) is 2.39. The molecule has 2 aromatic carbocycles. The number of nitrogens with one attached hydrogen (secondary N) is 1. The zero-order valence-electron chi connectivity index (χ0n) is 19.1. The number of amides is 2. The number of hydrogen-bond donors (Lipinski definition) is 2. The first-order valence-corrected chi connectivity index (χ1v) is 12.5. The molecule has 1 fully saturated rings. The Labute approximate surface area is 203 Å². The molecule has 2 aliphatic heterocycles. The molecule has 0 radical (unpaired) electrons. The van der Waals surface area contributed by atoms with Gasteiger partial charge in [-0.1, -0.05) is 54.6 Å². The zero-order chi connectivity index (χ0) is 24.1. The number of carboxylic acid groups (broad SMARTS) is 1. The van der Waals surface area contributed by atoms with Crippen LogP contribution in [0, 0.1) is 0 Å². The SMILES string of the molecule is CC(=O)NC(CC1CSC(C2CCCN2C(=O)Cc2ccc(-c3ccccc3)cc2)=N1)C(=O)O. The van der Waals surface area contributed by atoms with E-state index in [0.717, 1.165) is 34.6 Å². The van der Waals surface area contributed by atoms with Crippen molar-refractivity contribution in [3.05, 3.63) is 60.2 Å². The van der Waals surface area contributed by atoms with Gasteiger partial charge in [0.1, 0.15) is 6.04 Å². The van der Waals surface area contributed by atoms with Gasteiger partial charge >= 0.3 is 5.97 Å². The number of nitrogens with zero attached hydrogens (tertiary/aromatic N) is 2. The molecule has 2 aliphatic rings. The Kier molecular flexibility index (Phi) is 7.67. The van der Waals surface area contributed by atoms with Crippen molar-refractivity contribution in [3.8, 4) is 11.1 Å². The summed E-state index contributed by atoms with van der Waals surface area (Å²) in [5, 5.41) is 12.8. The molecule has 4 rings (SSSR count). The van der Waals surface area contributed by atoms with Crippen molar-refractivity contribution < 1.29 is 19.5 Å². The van der Waals surface area contributed by atoms with Crippen LogP contribution in [0.1, 0.15) is 31.7 Å². The monoisotopic (exact) mass is 479 g/mol. The van der Waals surface area contributed by atoms with E-state index in [4.69, 9.17) is 4.99 Å². The number of benzene rings is 2. The van der Waals surface area contributed by atoms with Crippen LogP contribution in [-0.4, -0.2) is 63.3 Å². The van der Waals surface area contributed by atoms with Crippen molar-refractivity contribution in [3.63, 3.8) is 0 Å². The van der Waals surface area contributed by atoms with Crippen LogP contribution in [0.25, 0.3) is 11.1 Å². The van der Waals surface area contributed by atoms with Gasteiger partial charge in [-0.05, 0) is 29.5 Å². The summed E-state index contributed by atoms with van der Waals surface area (Å²) in [6.45, 7) is 2.02. The second kappa shape index (κ2) is 10.9. The number of carbonyl (C=O) groups excluding carboxylic acids is 2. The van der Waals surface area contributed by atoms with Crippen LogP contribution in [0.5, 0.6) is 0 Å². The van der Waals surface area contributed by atoms with E-state index in [1.54, 1.807) is 11.8 Å². The van der Waals surface area contributed by atoms with Gasteiger partial charge < -0.3 is 15.3 Å². The van der Waals surface area contributed by atoms with Gasteiger partial charge in [0.05, 0.1) is 23.5 Å². The average Bonchev–Trinajstić information content (AvgIpc) is 3.49. The Morgan fingerprint density at radius 2 is 1.82 bits per heavy atom. The topological polar surface area (TPSA) is 99.1 Å². The van der Waals surface area contributed by atoms with Crippen LogP contribution >= 0.6 is 11.8 Å². The molecule has 0 saturated carbocycles. The lowest BCUT2D eigenvalue weighted by Crippen LogP contribution is -2.42. The van der Waals surface area contributed by atoms with Gasteiger partial charge in [-0.2, -0.15) is 0 Å². The number of carbonyl (C=O) groups is 3. The quantitative estimate of drug-likeness (QED) is 0.605. The van der Waals surface area contributed by atoms with Crippen LogP contribution < -0.4 is 5.32 Å². The van der Waals surface area contributed by atoms with Gasteiger partial charge in [-0.25, -0.2) is 4.79 Å². The summed E-state index contributed by atoms with van der Waals surface area (Å²) in [5.74, 6) is -0.673. The predicted octanol–water partition coefficient (Wildman–Crippen LogP) is 3.38. The maximum absolute atomic E-state index is 13.1. The highest BCUT2D eigenvalue weighted by Crippen LogP contribution is 2.31. The van der Waals surface area contributed by atoms with E-state index >= 15 is 0 Å². The number of rotatable bonds is 8. The molecule has 0 aromatic heterocycles. The number of thioether (sulfide) groups is 1. The Balaban J connectivity index is 1.38. The molecular weight excluding hydrogens is 450 g/mol. The third kappa shape index (κ3) is 5.86. The second-order valence-electron chi connectivity index (χ2n) is 8.74. The fourth-order valence-corrected chi connectivity index (χ4v) is 5.76. The highest BCUT2D eigenvalue weighted by molar-refractivity contribution is 8.14.